The number of halogens is 2. The number of benzene rings is 9. The molecular weight excluding hydrogens is 2000 g/mol. The summed E-state index contributed by atoms with van der Waals surface area (Å²) < 4.78 is 5.63. The van der Waals surface area contributed by atoms with E-state index in [9.17, 15) is 29.4 Å². The van der Waals surface area contributed by atoms with Crippen molar-refractivity contribution < 1.29 is 54.1 Å². The van der Waals surface area contributed by atoms with Gasteiger partial charge >= 0.3 is 19.6 Å². The van der Waals surface area contributed by atoms with Crippen LogP contribution in [-0.2, 0) is 42.0 Å². The van der Waals surface area contributed by atoms with Gasteiger partial charge in [-0.2, -0.15) is 0 Å². The number of anilines is 2. The van der Waals surface area contributed by atoms with Gasteiger partial charge in [0.15, 0.2) is 60.2 Å². The number of ketones is 1. The smallest absolute Gasteiger partial charge is 0.537 e. The minimum absolute atomic E-state index is 0.0653. The number of carbonyl (C=O) groups excluding carboxylic acids is 2. The summed E-state index contributed by atoms with van der Waals surface area (Å²) in [6, 6.07) is 79.7. The summed E-state index contributed by atoms with van der Waals surface area (Å²) in [7, 11) is 3.55. The molecule has 735 valence electrons. The van der Waals surface area contributed by atoms with Crippen molar-refractivity contribution in [2.45, 2.75) is 57.9 Å². The number of aromatic carboxylic acids is 2. The van der Waals surface area contributed by atoms with Crippen molar-refractivity contribution in [2.24, 2.45) is 0 Å². The Labute approximate surface area is 873 Å². The molecule has 31 nitrogen and oxygen atoms in total. The molecule has 2 aliphatic rings. The van der Waals surface area contributed by atoms with Crippen molar-refractivity contribution in [1.29, 1.82) is 0 Å². The summed E-state index contributed by atoms with van der Waals surface area (Å²) in [5.41, 5.74) is 14.2. The zero-order valence-electron chi connectivity index (χ0n) is 79.8. The van der Waals surface area contributed by atoms with Crippen molar-refractivity contribution in [1.82, 2.24) is 89.8 Å². The molecule has 0 spiro atoms. The molecule has 10 aromatic heterocycles. The normalized spacial score (nSPS) is 12.1. The zero-order chi connectivity index (χ0) is 103. The molecule has 19 aromatic rings. The van der Waals surface area contributed by atoms with Gasteiger partial charge in [0.2, 0.25) is 0 Å². The molecule has 12 heterocycles. The molecule has 1 amide bonds. The van der Waals surface area contributed by atoms with Crippen LogP contribution in [0.5, 0.6) is 5.75 Å². The van der Waals surface area contributed by atoms with Crippen LogP contribution in [0.4, 0.5) is 10.3 Å². The average molecular weight is 2090 g/mol. The number of carboxylic acid groups (broad SMARTS) is 2. The predicted octanol–water partition coefficient (Wildman–Crippen LogP) is 20.6. The second-order valence-corrected chi connectivity index (χ2v) is 36.7. The molecule has 0 saturated carbocycles. The minimum atomic E-state index is -1.12. The van der Waals surface area contributed by atoms with E-state index in [1.807, 2.05) is 104 Å². The highest BCUT2D eigenvalue weighted by Crippen LogP contribution is 2.40. The maximum Gasteiger partial charge on any atom is 0.569 e. The Kier molecular flexibility index (Phi) is 37.9. The van der Waals surface area contributed by atoms with Crippen LogP contribution >= 0.6 is 61.5 Å². The predicted molar refractivity (Wildman–Crippen MR) is 572 cm³/mol. The van der Waals surface area contributed by atoms with Gasteiger partial charge < -0.3 is 39.9 Å². The lowest BCUT2D eigenvalue weighted by atomic mass is 9.94. The van der Waals surface area contributed by atoms with E-state index in [2.05, 4.69) is 182 Å². The highest BCUT2D eigenvalue weighted by Gasteiger charge is 2.32. The van der Waals surface area contributed by atoms with Gasteiger partial charge in [-0.25, -0.2) is 99.4 Å². The Morgan fingerprint density at radius 2 is 0.701 bits per heavy atom. The van der Waals surface area contributed by atoms with E-state index in [1.165, 1.54) is 82.2 Å². The number of amides is 1. The second kappa shape index (κ2) is 52.5. The lowest BCUT2D eigenvalue weighted by Crippen LogP contribution is -2.30. The van der Waals surface area contributed by atoms with Crippen LogP contribution in [0.2, 0.25) is 4.47 Å². The molecule has 0 aliphatic carbocycles. The van der Waals surface area contributed by atoms with E-state index in [0.29, 0.717) is 67.8 Å². The molecule has 1 radical (unpaired) electrons. The van der Waals surface area contributed by atoms with E-state index < -0.39 is 23.1 Å². The van der Waals surface area contributed by atoms with Gasteiger partial charge in [-0.05, 0) is 185 Å². The molecule has 37 heteroatoms. The third-order valence-corrected chi connectivity index (χ3v) is 26.7. The number of aliphatic hydroxyl groups is 2. The Bertz CT molecular complexity index is 7370. The van der Waals surface area contributed by atoms with Crippen molar-refractivity contribution >= 4 is 109 Å². The molecule has 0 saturated heterocycles. The van der Waals surface area contributed by atoms with Gasteiger partial charge in [0, 0.05) is 183 Å². The van der Waals surface area contributed by atoms with E-state index in [1.54, 1.807) is 216 Å². The van der Waals surface area contributed by atoms with Gasteiger partial charge in [-0.15, -0.1) is 11.3 Å². The fourth-order valence-electron chi connectivity index (χ4n) is 14.5. The first kappa shape index (κ1) is 106. The number of carboxylic acids is 2. The molecule has 0 bridgehead atoms. The quantitative estimate of drug-likeness (QED) is 0.0193. The summed E-state index contributed by atoms with van der Waals surface area (Å²) in [5.74, 6) is 2.30. The van der Waals surface area contributed by atoms with Crippen LogP contribution in [0.15, 0.2) is 378 Å². The third-order valence-electron chi connectivity index (χ3n) is 22.5. The van der Waals surface area contributed by atoms with Gasteiger partial charge in [-0.1, -0.05) is 211 Å². The lowest BCUT2D eigenvalue weighted by molar-refractivity contribution is -0.0756. The van der Waals surface area contributed by atoms with E-state index >= 15 is 0 Å². The van der Waals surface area contributed by atoms with Crippen molar-refractivity contribution in [2.75, 3.05) is 37.0 Å². The highest BCUT2D eigenvalue weighted by molar-refractivity contribution is 9.10. The second-order valence-electron chi connectivity index (χ2n) is 32.3. The van der Waals surface area contributed by atoms with Gasteiger partial charge in [0.25, 0.3) is 5.91 Å². The molecule has 9 aromatic carbocycles. The number of rotatable bonds is 21. The summed E-state index contributed by atoms with van der Waals surface area (Å²) >= 11 is 13.5. The van der Waals surface area contributed by atoms with Crippen LogP contribution in [-0.4, -0.2) is 174 Å². The standard InChI is InChI=1S/C24H22N4OS.C24H20N4S.C15H12ClN3OS.C13H13N3O2.C12H10N2O.C11H8N2O2.C7H6BO4.C4H3BrN2/c1-24(29,20-9-7-18(8-10-20)22-25-12-4-13-26-22)21-15-27-23(30-21)28-14-11-17-5-2-3-6-19(17)16-28;1-17(18-7-9-20(10-8-18)23-25-12-4-13-26-23)22-15-27-24(29-22)28-14-11-19-5-2-3-6-21(19)16-28;1-15(20,12-9-19-14(16)21-12)11-5-3-10(4-6-11)13-17-7-2-8-18-13;1-16(18-2)13(17)11-6-4-10(5-7-11)12-14-8-3-9-15-12;1-9(15)10-3-5-11(6-4-10)12-13-7-2-8-14-12;14-11(15)9-4-2-8(3-5-9)10-12-6-1-7-13-10;9-7(10)5-1-3-6(4-2-5)12-8-11;5-4-6-2-1-3-7-4/h2-10,12-13,15,29H,11,14,16H2,1H3;2-10,12-13,15H,1,11,14,16H2;2-9,20H,1H3;3-9H,1-2H3;2-8H,1H3;1-7H,(H,14,15);1-4,11H,(H,9,10);1-3H. The molecular formula is C110H94BBrClN20O11S3. The number of thiazole rings is 3. The third kappa shape index (κ3) is 29.8. The summed E-state index contributed by atoms with van der Waals surface area (Å²) in [6.07, 6.45) is 31.2. The van der Waals surface area contributed by atoms with Crippen LogP contribution in [0.25, 0.3) is 73.9 Å². The molecule has 5 N–H and O–H groups in total. The molecule has 21 rings (SSSR count). The number of nitrogens with zero attached hydrogens (tertiary/aromatic N) is 20. The van der Waals surface area contributed by atoms with Gasteiger partial charge in [-0.3, -0.25) is 14.4 Å². The maximum absolute atomic E-state index is 11.8. The van der Waals surface area contributed by atoms with E-state index in [0.717, 1.165) is 121 Å². The first-order valence-electron chi connectivity index (χ1n) is 45.4. The summed E-state index contributed by atoms with van der Waals surface area (Å²) in [4.78, 5) is 127. The van der Waals surface area contributed by atoms with E-state index in [4.69, 9.17) is 31.7 Å². The van der Waals surface area contributed by atoms with E-state index in [-0.39, 0.29) is 22.8 Å². The number of carbonyl (C=O) groups is 4. The fourth-order valence-corrected chi connectivity index (χ4v) is 17.7. The summed E-state index contributed by atoms with van der Waals surface area (Å²) in [5, 5.41) is 50.7. The van der Waals surface area contributed by atoms with Crippen molar-refractivity contribution in [3.8, 4) is 74.1 Å². The molecule has 2 atom stereocenters. The highest BCUT2D eigenvalue weighted by atomic mass is 79.9. The molecule has 2 aliphatic heterocycles. The SMILES string of the molecule is Brc1ncccn1.C=C(c1ccc(-c2ncccn2)cc1)c1cnc(N2CCc3ccccc3C2)s1.CC(=O)c1ccc(-c2ncccn2)cc1.CC(O)(c1ccc(-c2ncccn2)cc1)c1cnc(Cl)s1.CC(O)(c1ccc(-c2ncccn2)cc1)c1cnc(N2CCc3ccccc3C2)s1.CON(C)C(=O)c1ccc(-c2ncccn2)cc1.O=C(O)c1ccc(-c2ncccn2)cc1.O=C(O)c1ccc(O[B]O)cc1. The zero-order valence-corrected chi connectivity index (χ0v) is 84.6. The van der Waals surface area contributed by atoms with Crippen molar-refractivity contribution in [3.63, 3.8) is 0 Å². The van der Waals surface area contributed by atoms with Crippen LogP contribution < -0.4 is 14.5 Å². The monoisotopic (exact) mass is 2090 g/mol. The number of hydrogen-bond acceptors (Lipinski definition) is 31. The number of fused-ring (bicyclic) bond motifs is 2. The molecule has 147 heavy (non-hydrogen) atoms. The van der Waals surface area contributed by atoms with Crippen LogP contribution in [0, 0.1) is 0 Å². The topological polar surface area (TPSA) is 417 Å². The summed E-state index contributed by atoms with van der Waals surface area (Å²) in [6.45, 7) is 13.1. The van der Waals surface area contributed by atoms with Gasteiger partial charge in [0.1, 0.15) is 17.0 Å². The number of hydroxylamine groups is 2. The van der Waals surface area contributed by atoms with Crippen LogP contribution in [0.1, 0.15) is 116 Å². The molecule has 2 unspecified atom stereocenters. The first-order chi connectivity index (χ1) is 71.3. The van der Waals surface area contributed by atoms with Crippen LogP contribution in [0.3, 0.4) is 0 Å². The Morgan fingerprint density at radius 3 is 1.03 bits per heavy atom. The number of Topliss-reactive ketones (excluding diaryl/α,β-unsaturated/α-hetero) is 1. The Morgan fingerprint density at radius 1 is 0.395 bits per heavy atom. The largest absolute Gasteiger partial charge is 0.569 e. The van der Waals surface area contributed by atoms with Gasteiger partial charge in [0.05, 0.1) is 32.9 Å². The average Bonchev–Trinajstić information content (AvgIpc) is 1.52. The number of hydrogen-bond donors (Lipinski definition) is 5. The lowest BCUT2D eigenvalue weighted by Gasteiger charge is -2.28. The fraction of sp³-hybridized carbons (Fsp3) is 0.118. The minimum Gasteiger partial charge on any atom is -0.537 e. The molecule has 0 fully saturated rings. The maximum atomic E-state index is 11.8. The number of aromatic nitrogens is 17. The first-order valence-corrected chi connectivity index (χ1v) is 49.0. The Hall–Kier alpha value is -16.7. The Balaban J connectivity index is 0.000000137. The van der Waals surface area contributed by atoms with Crippen molar-refractivity contribution in [3.05, 3.63) is 458 Å².